The molecule has 0 amide bonds. The van der Waals surface area contributed by atoms with Crippen LogP contribution in [0.25, 0.3) is 0 Å². The van der Waals surface area contributed by atoms with Crippen molar-refractivity contribution in [2.45, 2.75) is 42.8 Å². The molecular formula is C22H22Cl2N2O3S. The van der Waals surface area contributed by atoms with Crippen LogP contribution in [0.3, 0.4) is 0 Å². The molecule has 0 atom stereocenters. The number of carbonyl (C=O) groups is 1. The standard InChI is InChI=1S/C22H22Cl2N2O3S/c1-13(2)20-21(30-18-9-16(23)8-17(24)10-18)26(19(12-27)25-20)11-14-4-6-15(7-5-14)22(28)29-3/h4-10,13,27H,11-12H2,1-3H3. The number of esters is 1. The minimum atomic E-state index is -0.378. The lowest BCUT2D eigenvalue weighted by Gasteiger charge is -2.14. The van der Waals surface area contributed by atoms with Crippen LogP contribution in [-0.2, 0) is 17.9 Å². The Hall–Kier alpha value is -1.99. The number of carbonyl (C=O) groups excluding carboxylic acids is 1. The fraction of sp³-hybridized carbons (Fsp3) is 0.273. The average Bonchev–Trinajstić information content (AvgIpc) is 3.04. The highest BCUT2D eigenvalue weighted by Crippen LogP contribution is 2.37. The van der Waals surface area contributed by atoms with Gasteiger partial charge in [0.2, 0.25) is 0 Å². The van der Waals surface area contributed by atoms with Gasteiger partial charge in [-0.2, -0.15) is 0 Å². The molecule has 0 radical (unpaired) electrons. The predicted molar refractivity (Wildman–Crippen MR) is 120 cm³/mol. The number of methoxy groups -OCH3 is 1. The van der Waals surface area contributed by atoms with Crippen LogP contribution in [0.15, 0.2) is 52.4 Å². The van der Waals surface area contributed by atoms with Crippen LogP contribution in [0, 0.1) is 0 Å². The number of halogens is 2. The van der Waals surface area contributed by atoms with E-state index in [1.54, 1.807) is 18.2 Å². The molecule has 8 heteroatoms. The number of aliphatic hydroxyl groups is 1. The van der Waals surface area contributed by atoms with Gasteiger partial charge in [-0.05, 0) is 41.8 Å². The van der Waals surface area contributed by atoms with Gasteiger partial charge in [0.05, 0.1) is 18.4 Å². The van der Waals surface area contributed by atoms with Crippen LogP contribution in [0.4, 0.5) is 0 Å². The molecule has 0 saturated heterocycles. The highest BCUT2D eigenvalue weighted by atomic mass is 35.5. The van der Waals surface area contributed by atoms with Crippen LogP contribution in [0.1, 0.15) is 47.2 Å². The molecule has 158 valence electrons. The number of hydrogen-bond donors (Lipinski definition) is 1. The van der Waals surface area contributed by atoms with Crippen molar-refractivity contribution < 1.29 is 14.6 Å². The molecule has 2 aromatic carbocycles. The van der Waals surface area contributed by atoms with Crippen molar-refractivity contribution in [3.05, 3.63) is 75.2 Å². The molecule has 5 nitrogen and oxygen atoms in total. The van der Waals surface area contributed by atoms with Crippen molar-refractivity contribution >= 4 is 40.9 Å². The summed E-state index contributed by atoms with van der Waals surface area (Å²) in [7, 11) is 1.36. The van der Waals surface area contributed by atoms with Gasteiger partial charge in [0.15, 0.2) is 0 Å². The summed E-state index contributed by atoms with van der Waals surface area (Å²) in [6.45, 7) is 4.44. The maximum absolute atomic E-state index is 11.7. The van der Waals surface area contributed by atoms with Crippen molar-refractivity contribution in [3.63, 3.8) is 0 Å². The minimum Gasteiger partial charge on any atom is -0.465 e. The zero-order valence-electron chi connectivity index (χ0n) is 16.9. The summed E-state index contributed by atoms with van der Waals surface area (Å²) in [5.74, 6) is 0.359. The van der Waals surface area contributed by atoms with Gasteiger partial charge in [-0.3, -0.25) is 0 Å². The Morgan fingerprint density at radius 3 is 2.33 bits per heavy atom. The van der Waals surface area contributed by atoms with E-state index in [4.69, 9.17) is 27.9 Å². The number of nitrogens with zero attached hydrogens (tertiary/aromatic N) is 2. The summed E-state index contributed by atoms with van der Waals surface area (Å²) in [4.78, 5) is 17.2. The van der Waals surface area contributed by atoms with E-state index < -0.39 is 0 Å². The Bertz CT molecular complexity index is 1030. The van der Waals surface area contributed by atoms with Gasteiger partial charge < -0.3 is 14.4 Å². The van der Waals surface area contributed by atoms with Gasteiger partial charge in [0, 0.05) is 21.5 Å². The second-order valence-electron chi connectivity index (χ2n) is 7.01. The molecule has 1 N–H and O–H groups in total. The predicted octanol–water partition coefficient (Wildman–Crippen LogP) is 5.79. The van der Waals surface area contributed by atoms with E-state index in [1.807, 2.05) is 28.8 Å². The number of hydrogen-bond acceptors (Lipinski definition) is 5. The van der Waals surface area contributed by atoms with Crippen molar-refractivity contribution in [2.24, 2.45) is 0 Å². The third-order valence-electron chi connectivity index (χ3n) is 4.48. The molecule has 1 aromatic heterocycles. The second kappa shape index (κ2) is 9.88. The number of imidazole rings is 1. The highest BCUT2D eigenvalue weighted by Gasteiger charge is 2.21. The highest BCUT2D eigenvalue weighted by molar-refractivity contribution is 7.99. The van der Waals surface area contributed by atoms with Gasteiger partial charge in [0.1, 0.15) is 17.5 Å². The molecule has 0 fully saturated rings. The van der Waals surface area contributed by atoms with Crippen molar-refractivity contribution in [2.75, 3.05) is 7.11 Å². The molecule has 30 heavy (non-hydrogen) atoms. The summed E-state index contributed by atoms with van der Waals surface area (Å²) >= 11 is 13.9. The molecule has 0 aliphatic carbocycles. The monoisotopic (exact) mass is 464 g/mol. The first kappa shape index (κ1) is 22.7. The van der Waals surface area contributed by atoms with E-state index in [-0.39, 0.29) is 18.5 Å². The zero-order valence-corrected chi connectivity index (χ0v) is 19.2. The van der Waals surface area contributed by atoms with E-state index in [0.717, 1.165) is 21.2 Å². The lowest BCUT2D eigenvalue weighted by atomic mass is 10.1. The molecule has 0 aliphatic heterocycles. The molecule has 0 unspecified atom stereocenters. The fourth-order valence-electron chi connectivity index (χ4n) is 3.02. The van der Waals surface area contributed by atoms with Crippen molar-refractivity contribution in [1.82, 2.24) is 9.55 Å². The third-order valence-corrected chi connectivity index (χ3v) is 6.01. The molecule has 3 rings (SSSR count). The minimum absolute atomic E-state index is 0.162. The van der Waals surface area contributed by atoms with E-state index in [9.17, 15) is 9.90 Å². The Morgan fingerprint density at radius 1 is 1.17 bits per heavy atom. The van der Waals surface area contributed by atoms with Gasteiger partial charge in [0.25, 0.3) is 0 Å². The number of benzene rings is 2. The van der Waals surface area contributed by atoms with Gasteiger partial charge >= 0.3 is 5.97 Å². The Kier molecular flexibility index (Phi) is 7.47. The summed E-state index contributed by atoms with van der Waals surface area (Å²) in [5.41, 5.74) is 2.35. The molecule has 3 aromatic rings. The third kappa shape index (κ3) is 5.19. The first-order chi connectivity index (χ1) is 14.3. The van der Waals surface area contributed by atoms with E-state index in [1.165, 1.54) is 18.9 Å². The number of aromatic nitrogens is 2. The Balaban J connectivity index is 2.01. The number of ether oxygens (including phenoxy) is 1. The first-order valence-electron chi connectivity index (χ1n) is 9.33. The maximum atomic E-state index is 11.7. The van der Waals surface area contributed by atoms with Gasteiger partial charge in [-0.15, -0.1) is 0 Å². The number of rotatable bonds is 7. The van der Waals surface area contributed by atoms with Crippen molar-refractivity contribution in [3.8, 4) is 0 Å². The van der Waals surface area contributed by atoms with Crippen LogP contribution < -0.4 is 0 Å². The Morgan fingerprint density at radius 2 is 1.80 bits per heavy atom. The average molecular weight is 465 g/mol. The van der Waals surface area contributed by atoms with Crippen LogP contribution >= 0.6 is 35.0 Å². The van der Waals surface area contributed by atoms with Gasteiger partial charge in [-0.1, -0.05) is 60.9 Å². The number of aliphatic hydroxyl groups excluding tert-OH is 1. The summed E-state index contributed by atoms with van der Waals surface area (Å²) < 4.78 is 6.74. The van der Waals surface area contributed by atoms with Crippen molar-refractivity contribution in [1.29, 1.82) is 0 Å². The molecule has 0 spiro atoms. The summed E-state index contributed by atoms with van der Waals surface area (Å²) in [5, 5.41) is 12.0. The normalized spacial score (nSPS) is 11.2. The lowest BCUT2D eigenvalue weighted by Crippen LogP contribution is -2.07. The molecule has 0 bridgehead atoms. The van der Waals surface area contributed by atoms with E-state index in [2.05, 4.69) is 18.8 Å². The molecule has 0 saturated carbocycles. The second-order valence-corrected chi connectivity index (χ2v) is 8.95. The van der Waals surface area contributed by atoms with Crippen LogP contribution in [0.2, 0.25) is 10.0 Å². The molecule has 0 aliphatic rings. The van der Waals surface area contributed by atoms with E-state index in [0.29, 0.717) is 28.0 Å². The van der Waals surface area contributed by atoms with Crippen LogP contribution in [0.5, 0.6) is 0 Å². The topological polar surface area (TPSA) is 64.3 Å². The first-order valence-corrected chi connectivity index (χ1v) is 10.9. The summed E-state index contributed by atoms with van der Waals surface area (Å²) in [6, 6.07) is 12.6. The quantitative estimate of drug-likeness (QED) is 0.448. The van der Waals surface area contributed by atoms with Crippen LogP contribution in [-0.4, -0.2) is 27.7 Å². The maximum Gasteiger partial charge on any atom is 0.337 e. The molecular weight excluding hydrogens is 443 g/mol. The largest absolute Gasteiger partial charge is 0.465 e. The van der Waals surface area contributed by atoms with Gasteiger partial charge in [-0.25, -0.2) is 9.78 Å². The van der Waals surface area contributed by atoms with E-state index >= 15 is 0 Å². The Labute approximate surface area is 190 Å². The fourth-order valence-corrected chi connectivity index (χ4v) is 4.93. The smallest absolute Gasteiger partial charge is 0.337 e. The zero-order chi connectivity index (χ0) is 21.8. The lowest BCUT2D eigenvalue weighted by molar-refractivity contribution is 0.0600. The molecule has 1 heterocycles. The summed E-state index contributed by atoms with van der Waals surface area (Å²) in [6.07, 6.45) is 0. The SMILES string of the molecule is COC(=O)c1ccc(Cn2c(CO)nc(C(C)C)c2Sc2cc(Cl)cc(Cl)c2)cc1.